The molecule has 2 aromatic carbocycles. The molecule has 1 aromatic heterocycles. The second-order valence-electron chi connectivity index (χ2n) is 8.97. The maximum atomic E-state index is 12.7. The minimum Gasteiger partial charge on any atom is -0.466 e. The Morgan fingerprint density at radius 1 is 1.06 bits per heavy atom. The highest BCUT2D eigenvalue weighted by Gasteiger charge is 2.23. The van der Waals surface area contributed by atoms with Gasteiger partial charge in [0.25, 0.3) is 5.91 Å². The number of amides is 2. The minimum absolute atomic E-state index is 0.136. The number of nitrogens with zero attached hydrogens (tertiary/aromatic N) is 2. The van der Waals surface area contributed by atoms with Crippen molar-refractivity contribution >= 4 is 28.8 Å². The van der Waals surface area contributed by atoms with Crippen molar-refractivity contribution in [2.75, 3.05) is 13.2 Å². The Labute approximate surface area is 204 Å². The second kappa shape index (κ2) is 11.2. The summed E-state index contributed by atoms with van der Waals surface area (Å²) in [5, 5.41) is 2.78. The van der Waals surface area contributed by atoms with E-state index in [0.29, 0.717) is 30.2 Å². The number of primary amides is 1. The fourth-order valence-corrected chi connectivity index (χ4v) is 4.70. The van der Waals surface area contributed by atoms with Crippen LogP contribution in [0.2, 0.25) is 0 Å². The molecular formula is C27H32N4O4. The maximum Gasteiger partial charge on any atom is 0.307 e. The van der Waals surface area contributed by atoms with Crippen molar-refractivity contribution in [3.63, 3.8) is 0 Å². The number of nitrogens with two attached hydrogens (primary N) is 1. The standard InChI is InChI=1S/C27H32N4O4/c1-2-35-24(32)14-15-29-27(34)21-12-13-23-22(16-21)30-26(20-6-4-3-5-7-20)31(23)17-18-8-10-19(11-9-18)25(28)33/h8-13,16,20H,2-7,14-15,17H2,1H3,(H2,28,33)(H,29,34). The van der Waals surface area contributed by atoms with Gasteiger partial charge >= 0.3 is 5.97 Å². The molecule has 1 saturated carbocycles. The molecule has 4 rings (SSSR count). The van der Waals surface area contributed by atoms with E-state index >= 15 is 0 Å². The number of rotatable bonds is 9. The number of ether oxygens (including phenoxy) is 1. The summed E-state index contributed by atoms with van der Waals surface area (Å²) >= 11 is 0. The Kier molecular flexibility index (Phi) is 7.80. The van der Waals surface area contributed by atoms with Crippen LogP contribution in [-0.4, -0.2) is 40.5 Å². The molecule has 0 radical (unpaired) electrons. The molecular weight excluding hydrogens is 444 g/mol. The van der Waals surface area contributed by atoms with Crippen LogP contribution in [0.5, 0.6) is 0 Å². The van der Waals surface area contributed by atoms with E-state index in [0.717, 1.165) is 35.3 Å². The third kappa shape index (κ3) is 5.88. The average Bonchev–Trinajstić information content (AvgIpc) is 3.22. The SMILES string of the molecule is CCOC(=O)CCNC(=O)c1ccc2c(c1)nc(C1CCCCC1)n2Cc1ccc(C(N)=O)cc1. The van der Waals surface area contributed by atoms with Crippen LogP contribution in [0.1, 0.15) is 83.5 Å². The highest BCUT2D eigenvalue weighted by molar-refractivity contribution is 5.97. The van der Waals surface area contributed by atoms with E-state index in [9.17, 15) is 14.4 Å². The van der Waals surface area contributed by atoms with Crippen LogP contribution in [0.25, 0.3) is 11.0 Å². The summed E-state index contributed by atoms with van der Waals surface area (Å²) in [7, 11) is 0. The lowest BCUT2D eigenvalue weighted by atomic mass is 9.88. The number of carbonyl (C=O) groups excluding carboxylic acids is 3. The number of aromatic nitrogens is 2. The molecule has 0 atom stereocenters. The van der Waals surface area contributed by atoms with E-state index in [1.165, 1.54) is 19.3 Å². The van der Waals surface area contributed by atoms with Gasteiger partial charge in [0.05, 0.1) is 24.1 Å². The molecule has 1 aliphatic carbocycles. The van der Waals surface area contributed by atoms with Crippen LogP contribution < -0.4 is 11.1 Å². The van der Waals surface area contributed by atoms with Crippen molar-refractivity contribution in [1.82, 2.24) is 14.9 Å². The van der Waals surface area contributed by atoms with Crippen LogP contribution in [0.15, 0.2) is 42.5 Å². The van der Waals surface area contributed by atoms with E-state index in [1.807, 2.05) is 24.3 Å². The molecule has 35 heavy (non-hydrogen) atoms. The average molecular weight is 477 g/mol. The van der Waals surface area contributed by atoms with Gasteiger partial charge in [0.2, 0.25) is 5.91 Å². The van der Waals surface area contributed by atoms with Gasteiger partial charge in [0.1, 0.15) is 5.82 Å². The first kappa shape index (κ1) is 24.4. The van der Waals surface area contributed by atoms with Gasteiger partial charge in [0, 0.05) is 30.1 Å². The van der Waals surface area contributed by atoms with Gasteiger partial charge in [-0.3, -0.25) is 14.4 Å². The Hall–Kier alpha value is -3.68. The van der Waals surface area contributed by atoms with Crippen molar-refractivity contribution in [3.8, 4) is 0 Å². The van der Waals surface area contributed by atoms with E-state index in [1.54, 1.807) is 25.1 Å². The Morgan fingerprint density at radius 3 is 2.46 bits per heavy atom. The monoisotopic (exact) mass is 476 g/mol. The fourth-order valence-electron chi connectivity index (χ4n) is 4.70. The maximum absolute atomic E-state index is 12.7. The predicted octanol–water partition coefficient (Wildman–Crippen LogP) is 3.91. The number of nitrogens with one attached hydrogen (secondary N) is 1. The van der Waals surface area contributed by atoms with Crippen LogP contribution >= 0.6 is 0 Å². The van der Waals surface area contributed by atoms with Gasteiger partial charge in [-0.1, -0.05) is 31.4 Å². The Morgan fingerprint density at radius 2 is 1.77 bits per heavy atom. The van der Waals surface area contributed by atoms with Gasteiger partial charge in [-0.25, -0.2) is 4.98 Å². The second-order valence-corrected chi connectivity index (χ2v) is 8.97. The molecule has 0 spiro atoms. The van der Waals surface area contributed by atoms with Gasteiger partial charge in [-0.2, -0.15) is 0 Å². The Balaban J connectivity index is 1.59. The third-order valence-electron chi connectivity index (χ3n) is 6.51. The van der Waals surface area contributed by atoms with Crippen molar-refractivity contribution in [1.29, 1.82) is 0 Å². The zero-order valence-electron chi connectivity index (χ0n) is 20.1. The molecule has 1 fully saturated rings. The summed E-state index contributed by atoms with van der Waals surface area (Å²) in [6, 6.07) is 12.9. The molecule has 0 bridgehead atoms. The number of benzene rings is 2. The summed E-state index contributed by atoms with van der Waals surface area (Å²) in [6.45, 7) is 2.92. The quantitative estimate of drug-likeness (QED) is 0.454. The lowest BCUT2D eigenvalue weighted by molar-refractivity contribution is -0.142. The van der Waals surface area contributed by atoms with Crippen molar-refractivity contribution in [3.05, 3.63) is 65.0 Å². The highest BCUT2D eigenvalue weighted by atomic mass is 16.5. The number of fused-ring (bicyclic) bond motifs is 1. The number of carbonyl (C=O) groups is 3. The van der Waals surface area contributed by atoms with Crippen molar-refractivity contribution in [2.24, 2.45) is 5.73 Å². The number of imidazole rings is 1. The van der Waals surface area contributed by atoms with Crippen LogP contribution in [0, 0.1) is 0 Å². The number of hydrogen-bond donors (Lipinski definition) is 2. The van der Waals surface area contributed by atoms with Crippen molar-refractivity contribution < 1.29 is 19.1 Å². The molecule has 2 amide bonds. The lowest BCUT2D eigenvalue weighted by Gasteiger charge is -2.22. The highest BCUT2D eigenvalue weighted by Crippen LogP contribution is 2.34. The summed E-state index contributed by atoms with van der Waals surface area (Å²) in [5.74, 6) is 0.400. The van der Waals surface area contributed by atoms with Crippen LogP contribution in [0.3, 0.4) is 0 Å². The third-order valence-corrected chi connectivity index (χ3v) is 6.51. The number of esters is 1. The normalized spacial score (nSPS) is 14.1. The molecule has 0 aliphatic heterocycles. The smallest absolute Gasteiger partial charge is 0.307 e. The fraction of sp³-hybridized carbons (Fsp3) is 0.407. The lowest BCUT2D eigenvalue weighted by Crippen LogP contribution is -2.26. The summed E-state index contributed by atoms with van der Waals surface area (Å²) < 4.78 is 7.13. The largest absolute Gasteiger partial charge is 0.466 e. The summed E-state index contributed by atoms with van der Waals surface area (Å²) in [6.07, 6.45) is 5.97. The molecule has 1 aliphatic rings. The molecule has 184 valence electrons. The number of hydrogen-bond acceptors (Lipinski definition) is 5. The first-order valence-electron chi connectivity index (χ1n) is 12.3. The zero-order valence-corrected chi connectivity index (χ0v) is 20.1. The molecule has 0 saturated heterocycles. The first-order chi connectivity index (χ1) is 17.0. The molecule has 1 heterocycles. The van der Waals surface area contributed by atoms with E-state index in [-0.39, 0.29) is 24.8 Å². The summed E-state index contributed by atoms with van der Waals surface area (Å²) in [5.41, 5.74) is 9.16. The van der Waals surface area contributed by atoms with Crippen molar-refractivity contribution in [2.45, 2.75) is 57.9 Å². The Bertz CT molecular complexity index is 1210. The van der Waals surface area contributed by atoms with E-state index in [4.69, 9.17) is 15.5 Å². The van der Waals surface area contributed by atoms with Gasteiger partial charge < -0.3 is 20.4 Å². The van der Waals surface area contributed by atoms with Crippen LogP contribution in [-0.2, 0) is 16.1 Å². The van der Waals surface area contributed by atoms with E-state index in [2.05, 4.69) is 9.88 Å². The molecule has 3 N–H and O–H groups in total. The van der Waals surface area contributed by atoms with Gasteiger partial charge in [-0.15, -0.1) is 0 Å². The molecule has 8 heteroatoms. The first-order valence-corrected chi connectivity index (χ1v) is 12.3. The van der Waals surface area contributed by atoms with Gasteiger partial charge in [0.15, 0.2) is 0 Å². The topological polar surface area (TPSA) is 116 Å². The van der Waals surface area contributed by atoms with E-state index < -0.39 is 5.91 Å². The molecule has 8 nitrogen and oxygen atoms in total. The predicted molar refractivity (Wildman–Crippen MR) is 133 cm³/mol. The zero-order chi connectivity index (χ0) is 24.8. The van der Waals surface area contributed by atoms with Gasteiger partial charge in [-0.05, 0) is 55.7 Å². The summed E-state index contributed by atoms with van der Waals surface area (Å²) in [4.78, 5) is 40.6. The minimum atomic E-state index is -0.444. The van der Waals surface area contributed by atoms with Crippen LogP contribution in [0.4, 0.5) is 0 Å². The molecule has 0 unspecified atom stereocenters. The molecule has 3 aromatic rings.